The predicted molar refractivity (Wildman–Crippen MR) is 106 cm³/mol. The highest BCUT2D eigenvalue weighted by Crippen LogP contribution is 2.28. The first-order chi connectivity index (χ1) is 13.1. The van der Waals surface area contributed by atoms with E-state index in [-0.39, 0.29) is 5.91 Å². The van der Waals surface area contributed by atoms with Gasteiger partial charge < -0.3 is 21.3 Å². The molecular formula is C20H26N6O. The molecule has 1 aromatic carbocycles. The highest BCUT2D eigenvalue weighted by Gasteiger charge is 2.29. The normalized spacial score (nSPS) is 21.5. The second-order valence-electron chi connectivity index (χ2n) is 7.33. The molecule has 4 N–H and O–H groups in total. The Balaban J connectivity index is 1.64. The van der Waals surface area contributed by atoms with E-state index in [1.54, 1.807) is 0 Å². The minimum absolute atomic E-state index is 0.127. The Hall–Kier alpha value is -2.67. The van der Waals surface area contributed by atoms with Gasteiger partial charge in [-0.05, 0) is 44.5 Å². The summed E-state index contributed by atoms with van der Waals surface area (Å²) >= 11 is 0. The fourth-order valence-electron chi connectivity index (χ4n) is 3.96. The third-order valence-electron chi connectivity index (χ3n) is 5.36. The first-order valence-electron chi connectivity index (χ1n) is 9.60. The number of amides is 1. The molecule has 4 rings (SSSR count). The number of benzene rings is 1. The number of hydrogen-bond donors (Lipinski definition) is 4. The van der Waals surface area contributed by atoms with E-state index in [0.29, 0.717) is 36.0 Å². The van der Waals surface area contributed by atoms with E-state index in [2.05, 4.69) is 31.2 Å². The van der Waals surface area contributed by atoms with Crippen molar-refractivity contribution in [1.82, 2.24) is 20.6 Å². The molecule has 2 heterocycles. The lowest BCUT2D eigenvalue weighted by atomic mass is 9.90. The van der Waals surface area contributed by atoms with E-state index < -0.39 is 0 Å². The van der Waals surface area contributed by atoms with E-state index >= 15 is 0 Å². The smallest absolute Gasteiger partial charge is 0.257 e. The fraction of sp³-hybridized carbons (Fsp3) is 0.450. The van der Waals surface area contributed by atoms with Crippen LogP contribution in [0.4, 0.5) is 17.5 Å². The third-order valence-corrected chi connectivity index (χ3v) is 5.36. The van der Waals surface area contributed by atoms with Gasteiger partial charge >= 0.3 is 0 Å². The molecule has 7 heteroatoms. The maximum Gasteiger partial charge on any atom is 0.257 e. The van der Waals surface area contributed by atoms with Crippen LogP contribution >= 0.6 is 0 Å². The molecule has 0 saturated heterocycles. The molecule has 27 heavy (non-hydrogen) atoms. The minimum Gasteiger partial charge on any atom is -0.350 e. The topological polar surface area (TPSA) is 91.0 Å². The number of fused-ring (bicyclic) bond motifs is 1. The Labute approximate surface area is 159 Å². The molecule has 2 aromatic rings. The molecule has 1 fully saturated rings. The zero-order valence-corrected chi connectivity index (χ0v) is 15.8. The second-order valence-corrected chi connectivity index (χ2v) is 7.33. The summed E-state index contributed by atoms with van der Waals surface area (Å²) in [7, 11) is 2.00. The van der Waals surface area contributed by atoms with Crippen molar-refractivity contribution in [3.05, 3.63) is 41.1 Å². The maximum absolute atomic E-state index is 12.3. The van der Waals surface area contributed by atoms with Gasteiger partial charge in [-0.1, -0.05) is 25.0 Å². The van der Waals surface area contributed by atoms with E-state index in [1.165, 1.54) is 12.8 Å². The summed E-state index contributed by atoms with van der Waals surface area (Å²) in [6.45, 7) is 2.48. The Bertz CT molecular complexity index is 852. The van der Waals surface area contributed by atoms with Crippen molar-refractivity contribution in [2.24, 2.45) is 0 Å². The van der Waals surface area contributed by atoms with Gasteiger partial charge in [0.15, 0.2) is 0 Å². The van der Waals surface area contributed by atoms with Crippen LogP contribution in [0.1, 0.15) is 47.3 Å². The lowest BCUT2D eigenvalue weighted by molar-refractivity contribution is 0.0966. The van der Waals surface area contributed by atoms with Gasteiger partial charge in [0.25, 0.3) is 5.91 Å². The van der Waals surface area contributed by atoms with Crippen LogP contribution in [0.2, 0.25) is 0 Å². The number of rotatable bonds is 5. The summed E-state index contributed by atoms with van der Waals surface area (Å²) in [5, 5.41) is 13.1. The molecule has 2 unspecified atom stereocenters. The monoisotopic (exact) mass is 366 g/mol. The zero-order chi connectivity index (χ0) is 18.8. The number of likely N-dealkylation sites (N-methyl/N-ethyl adjacent to an activating group) is 1. The van der Waals surface area contributed by atoms with Crippen LogP contribution in [-0.4, -0.2) is 35.0 Å². The number of aryl methyl sites for hydroxylation is 1. The van der Waals surface area contributed by atoms with Crippen molar-refractivity contribution in [2.45, 2.75) is 51.2 Å². The minimum atomic E-state index is -0.127. The second kappa shape index (κ2) is 7.52. The quantitative estimate of drug-likeness (QED) is 0.650. The first kappa shape index (κ1) is 17.7. The average Bonchev–Trinajstić information content (AvgIpc) is 3.03. The number of nitrogens with zero attached hydrogens (tertiary/aromatic N) is 2. The van der Waals surface area contributed by atoms with Crippen molar-refractivity contribution < 1.29 is 4.79 Å². The van der Waals surface area contributed by atoms with Gasteiger partial charge in [0.05, 0.1) is 12.2 Å². The van der Waals surface area contributed by atoms with Crippen LogP contribution in [0, 0.1) is 6.92 Å². The molecule has 1 amide bonds. The highest BCUT2D eigenvalue weighted by molar-refractivity contribution is 6.02. The van der Waals surface area contributed by atoms with Crippen LogP contribution in [0.15, 0.2) is 24.3 Å². The predicted octanol–water partition coefficient (Wildman–Crippen LogP) is 2.71. The van der Waals surface area contributed by atoms with Crippen molar-refractivity contribution in [3.63, 3.8) is 0 Å². The van der Waals surface area contributed by atoms with Gasteiger partial charge in [0.1, 0.15) is 11.4 Å². The first-order valence-corrected chi connectivity index (χ1v) is 9.60. The van der Waals surface area contributed by atoms with E-state index in [0.717, 1.165) is 29.8 Å². The lowest BCUT2D eigenvalue weighted by Crippen LogP contribution is -2.45. The molecular weight excluding hydrogens is 340 g/mol. The average molecular weight is 366 g/mol. The number of hydrogen-bond acceptors (Lipinski definition) is 6. The summed E-state index contributed by atoms with van der Waals surface area (Å²) in [6.07, 6.45) is 4.68. The number of aromatic nitrogens is 2. The fourth-order valence-corrected chi connectivity index (χ4v) is 3.96. The van der Waals surface area contributed by atoms with Gasteiger partial charge in [0.2, 0.25) is 5.95 Å². The van der Waals surface area contributed by atoms with Crippen LogP contribution in [0.25, 0.3) is 0 Å². The molecule has 1 saturated carbocycles. The van der Waals surface area contributed by atoms with E-state index in [1.807, 2.05) is 38.2 Å². The number of carbonyl (C=O) groups is 1. The molecule has 1 aromatic heterocycles. The Morgan fingerprint density at radius 1 is 1.15 bits per heavy atom. The highest BCUT2D eigenvalue weighted by atomic mass is 16.2. The van der Waals surface area contributed by atoms with Crippen LogP contribution in [-0.2, 0) is 6.54 Å². The van der Waals surface area contributed by atoms with Crippen molar-refractivity contribution in [1.29, 1.82) is 0 Å². The lowest BCUT2D eigenvalue weighted by Gasteiger charge is -2.32. The molecule has 2 aliphatic rings. The molecule has 1 aliphatic carbocycles. The SMILES string of the molecule is CNC1CCCCC1Nc1nc2c(c(Nc3cccc(C)c3)n1)C(=O)NC2. The van der Waals surface area contributed by atoms with Crippen molar-refractivity contribution in [3.8, 4) is 0 Å². The summed E-state index contributed by atoms with van der Waals surface area (Å²) in [6, 6.07) is 8.72. The maximum atomic E-state index is 12.3. The molecule has 0 bridgehead atoms. The van der Waals surface area contributed by atoms with Crippen LogP contribution in [0.3, 0.4) is 0 Å². The van der Waals surface area contributed by atoms with Crippen molar-refractivity contribution >= 4 is 23.4 Å². The molecule has 142 valence electrons. The Morgan fingerprint density at radius 3 is 2.74 bits per heavy atom. The summed E-state index contributed by atoms with van der Waals surface area (Å²) in [5.74, 6) is 1.00. The molecule has 7 nitrogen and oxygen atoms in total. The third kappa shape index (κ3) is 3.73. The number of anilines is 3. The van der Waals surface area contributed by atoms with Gasteiger partial charge in [-0.25, -0.2) is 4.98 Å². The van der Waals surface area contributed by atoms with Gasteiger partial charge in [0, 0.05) is 17.8 Å². The molecule has 0 spiro atoms. The van der Waals surface area contributed by atoms with Crippen LogP contribution in [0.5, 0.6) is 0 Å². The Morgan fingerprint density at radius 2 is 1.96 bits per heavy atom. The Kier molecular flexibility index (Phi) is 4.94. The largest absolute Gasteiger partial charge is 0.350 e. The number of nitrogens with one attached hydrogen (secondary N) is 4. The standard InChI is InChI=1S/C20H26N6O/c1-12-6-5-7-13(10-12)23-18-17-16(11-22-19(17)27)25-20(26-18)24-15-9-4-3-8-14(15)21-2/h5-7,10,14-15,21H,3-4,8-9,11H2,1-2H3,(H,22,27)(H2,23,24,25,26). The van der Waals surface area contributed by atoms with Crippen LogP contribution < -0.4 is 21.3 Å². The van der Waals surface area contributed by atoms with Crippen molar-refractivity contribution in [2.75, 3.05) is 17.7 Å². The van der Waals surface area contributed by atoms with E-state index in [9.17, 15) is 4.79 Å². The van der Waals surface area contributed by atoms with Gasteiger partial charge in [-0.2, -0.15) is 4.98 Å². The summed E-state index contributed by atoms with van der Waals surface area (Å²) < 4.78 is 0. The van der Waals surface area contributed by atoms with Gasteiger partial charge in [-0.3, -0.25) is 4.79 Å². The molecule has 2 atom stereocenters. The summed E-state index contributed by atoms with van der Waals surface area (Å²) in [5.41, 5.74) is 3.33. The van der Waals surface area contributed by atoms with E-state index in [4.69, 9.17) is 0 Å². The van der Waals surface area contributed by atoms with Gasteiger partial charge in [-0.15, -0.1) is 0 Å². The number of carbonyl (C=O) groups excluding carboxylic acids is 1. The summed E-state index contributed by atoms with van der Waals surface area (Å²) in [4.78, 5) is 21.6. The molecule has 0 radical (unpaired) electrons. The molecule has 1 aliphatic heterocycles. The zero-order valence-electron chi connectivity index (χ0n) is 15.8.